The summed E-state index contributed by atoms with van der Waals surface area (Å²) in [5.41, 5.74) is 2.84. The molecule has 1 amide bonds. The molecule has 0 spiro atoms. The van der Waals surface area contributed by atoms with Crippen molar-refractivity contribution in [3.05, 3.63) is 66.4 Å². The summed E-state index contributed by atoms with van der Waals surface area (Å²) in [6.07, 6.45) is 6.60. The highest BCUT2D eigenvalue weighted by Crippen LogP contribution is 2.35. The van der Waals surface area contributed by atoms with Crippen molar-refractivity contribution in [1.29, 1.82) is 0 Å². The lowest BCUT2D eigenvalue weighted by molar-refractivity contribution is 0.0839. The molecule has 2 aromatic carbocycles. The molecule has 31 heavy (non-hydrogen) atoms. The average molecular weight is 418 g/mol. The molecule has 5 rings (SSSR count). The van der Waals surface area contributed by atoms with Crippen molar-refractivity contribution in [2.24, 2.45) is 7.05 Å². The lowest BCUT2D eigenvalue weighted by Crippen LogP contribution is -2.49. The van der Waals surface area contributed by atoms with Crippen LogP contribution in [0.1, 0.15) is 37.2 Å². The van der Waals surface area contributed by atoms with Gasteiger partial charge in [0.05, 0.1) is 0 Å². The number of hydrogen-bond donors (Lipinski definition) is 0. The molecule has 2 aliphatic heterocycles. The maximum atomic E-state index is 12.4. The molecule has 0 bridgehead atoms. The van der Waals surface area contributed by atoms with Crippen LogP contribution >= 0.6 is 0 Å². The van der Waals surface area contributed by atoms with Crippen LogP contribution in [0, 0.1) is 0 Å². The molecule has 0 saturated carbocycles. The van der Waals surface area contributed by atoms with E-state index < -0.39 is 0 Å². The number of aryl methyl sites for hydroxylation is 1. The maximum absolute atomic E-state index is 12.4. The van der Waals surface area contributed by atoms with E-state index in [4.69, 9.17) is 4.74 Å². The van der Waals surface area contributed by atoms with E-state index in [1.165, 1.54) is 29.3 Å². The summed E-state index contributed by atoms with van der Waals surface area (Å²) in [6, 6.07) is 18.7. The van der Waals surface area contributed by atoms with E-state index >= 15 is 0 Å². The van der Waals surface area contributed by atoms with Crippen LogP contribution in [0.3, 0.4) is 0 Å². The number of hydrogen-bond acceptors (Lipinski definition) is 3. The van der Waals surface area contributed by atoms with Crippen LogP contribution in [0.25, 0.3) is 10.9 Å². The third-order valence-corrected chi connectivity index (χ3v) is 7.08. The largest absolute Gasteiger partial charge is 0.415 e. The third-order valence-electron chi connectivity index (χ3n) is 7.08. The molecule has 0 unspecified atom stereocenters. The molecule has 0 atom stereocenters. The number of carbonyl (C=O) groups is 1. The zero-order valence-corrected chi connectivity index (χ0v) is 18.2. The molecular weight excluding hydrogens is 386 g/mol. The Bertz CT molecular complexity index is 1030. The number of piperidine rings is 2. The van der Waals surface area contributed by atoms with Gasteiger partial charge in [-0.25, -0.2) is 4.79 Å². The van der Waals surface area contributed by atoms with Gasteiger partial charge in [0.25, 0.3) is 0 Å². The second-order valence-electron chi connectivity index (χ2n) is 8.92. The molecule has 2 fully saturated rings. The lowest BCUT2D eigenvalue weighted by Gasteiger charge is -2.41. The van der Waals surface area contributed by atoms with Gasteiger partial charge in [-0.1, -0.05) is 36.4 Å². The number of aromatic nitrogens is 1. The van der Waals surface area contributed by atoms with Crippen LogP contribution in [0.4, 0.5) is 4.79 Å². The SMILES string of the molecule is Cn1cc(C2CCN(C3CCN(C(=O)Oc4ccccc4)CC3)CC2)c2ccccc21. The van der Waals surface area contributed by atoms with E-state index in [-0.39, 0.29) is 6.09 Å². The quantitative estimate of drug-likeness (QED) is 0.600. The van der Waals surface area contributed by atoms with Crippen LogP contribution < -0.4 is 4.74 Å². The predicted octanol–water partition coefficient (Wildman–Crippen LogP) is 5.02. The highest BCUT2D eigenvalue weighted by Gasteiger charge is 2.31. The topological polar surface area (TPSA) is 37.7 Å². The van der Waals surface area contributed by atoms with Crippen molar-refractivity contribution >= 4 is 17.0 Å². The van der Waals surface area contributed by atoms with Crippen LogP contribution in [0.5, 0.6) is 5.75 Å². The first-order chi connectivity index (χ1) is 15.2. The smallest absolute Gasteiger partial charge is 0.410 e. The molecule has 0 radical (unpaired) electrons. The fraction of sp³-hybridized carbons (Fsp3) is 0.423. The molecule has 2 aliphatic rings. The summed E-state index contributed by atoms with van der Waals surface area (Å²) >= 11 is 0. The molecule has 3 aromatic rings. The Hall–Kier alpha value is -2.79. The molecule has 0 N–H and O–H groups in total. The van der Waals surface area contributed by atoms with Gasteiger partial charge in [0.1, 0.15) is 5.75 Å². The van der Waals surface area contributed by atoms with Gasteiger partial charge < -0.3 is 19.1 Å². The van der Waals surface area contributed by atoms with Crippen LogP contribution in [0.2, 0.25) is 0 Å². The fourth-order valence-electron chi connectivity index (χ4n) is 5.34. The van der Waals surface area contributed by atoms with Crippen molar-refractivity contribution in [1.82, 2.24) is 14.4 Å². The van der Waals surface area contributed by atoms with Gasteiger partial charge in [0, 0.05) is 43.3 Å². The Balaban J connectivity index is 1.14. The Kier molecular flexibility index (Phi) is 5.68. The fourth-order valence-corrected chi connectivity index (χ4v) is 5.34. The Morgan fingerprint density at radius 1 is 0.871 bits per heavy atom. The van der Waals surface area contributed by atoms with Crippen molar-refractivity contribution in [3.8, 4) is 5.75 Å². The summed E-state index contributed by atoms with van der Waals surface area (Å²) in [4.78, 5) is 17.0. The highest BCUT2D eigenvalue weighted by molar-refractivity contribution is 5.84. The van der Waals surface area contributed by atoms with Gasteiger partial charge in [-0.15, -0.1) is 0 Å². The summed E-state index contributed by atoms with van der Waals surface area (Å²) in [5, 5.41) is 1.41. The summed E-state index contributed by atoms with van der Waals surface area (Å²) < 4.78 is 7.77. The molecule has 162 valence electrons. The molecule has 5 heteroatoms. The second kappa shape index (κ2) is 8.75. The Morgan fingerprint density at radius 3 is 2.29 bits per heavy atom. The Labute approximate surface area is 184 Å². The van der Waals surface area contributed by atoms with E-state index in [1.807, 2.05) is 35.2 Å². The Morgan fingerprint density at radius 2 is 1.55 bits per heavy atom. The molecule has 1 aromatic heterocycles. The van der Waals surface area contributed by atoms with Crippen molar-refractivity contribution in [2.75, 3.05) is 26.2 Å². The van der Waals surface area contributed by atoms with Crippen molar-refractivity contribution < 1.29 is 9.53 Å². The van der Waals surface area contributed by atoms with Crippen molar-refractivity contribution in [3.63, 3.8) is 0 Å². The third kappa shape index (κ3) is 4.19. The zero-order valence-electron chi connectivity index (χ0n) is 18.2. The lowest BCUT2D eigenvalue weighted by atomic mass is 9.88. The van der Waals surface area contributed by atoms with E-state index in [0.29, 0.717) is 17.7 Å². The number of likely N-dealkylation sites (tertiary alicyclic amines) is 2. The van der Waals surface area contributed by atoms with Gasteiger partial charge in [0.15, 0.2) is 0 Å². The van der Waals surface area contributed by atoms with Gasteiger partial charge in [-0.05, 0) is 68.5 Å². The molecule has 3 heterocycles. The number of para-hydroxylation sites is 2. The van der Waals surface area contributed by atoms with E-state index in [2.05, 4.69) is 47.0 Å². The molecular formula is C26H31N3O2. The van der Waals surface area contributed by atoms with Crippen LogP contribution in [-0.2, 0) is 7.05 Å². The first-order valence-corrected chi connectivity index (χ1v) is 11.5. The summed E-state index contributed by atoms with van der Waals surface area (Å²) in [6.45, 7) is 3.85. The van der Waals surface area contributed by atoms with Crippen LogP contribution in [-0.4, -0.2) is 52.7 Å². The minimum absolute atomic E-state index is 0.223. The minimum Gasteiger partial charge on any atom is -0.410 e. The van der Waals surface area contributed by atoms with Gasteiger partial charge >= 0.3 is 6.09 Å². The van der Waals surface area contributed by atoms with Gasteiger partial charge in [-0.3, -0.25) is 0 Å². The first-order valence-electron chi connectivity index (χ1n) is 11.5. The number of rotatable bonds is 3. The summed E-state index contributed by atoms with van der Waals surface area (Å²) in [7, 11) is 2.15. The standard InChI is InChI=1S/C26H31N3O2/c1-27-19-24(23-9-5-6-10-25(23)27)20-11-15-28(16-12-20)21-13-17-29(18-14-21)26(30)31-22-7-3-2-4-8-22/h2-10,19-21H,11-18H2,1H3. The number of carbonyl (C=O) groups excluding carboxylic acids is 1. The van der Waals surface area contributed by atoms with E-state index in [0.717, 1.165) is 39.0 Å². The molecule has 5 nitrogen and oxygen atoms in total. The minimum atomic E-state index is -0.223. The number of nitrogens with zero attached hydrogens (tertiary/aromatic N) is 3. The first kappa shape index (κ1) is 20.1. The van der Waals surface area contributed by atoms with Gasteiger partial charge in [-0.2, -0.15) is 0 Å². The van der Waals surface area contributed by atoms with E-state index in [1.54, 1.807) is 0 Å². The number of ether oxygens (including phenoxy) is 1. The predicted molar refractivity (Wildman–Crippen MR) is 124 cm³/mol. The number of benzene rings is 2. The number of amides is 1. The summed E-state index contributed by atoms with van der Waals surface area (Å²) in [5.74, 6) is 1.26. The highest BCUT2D eigenvalue weighted by atomic mass is 16.6. The van der Waals surface area contributed by atoms with Crippen molar-refractivity contribution in [2.45, 2.75) is 37.6 Å². The second-order valence-corrected chi connectivity index (χ2v) is 8.92. The maximum Gasteiger partial charge on any atom is 0.415 e. The zero-order chi connectivity index (χ0) is 21.2. The monoisotopic (exact) mass is 417 g/mol. The van der Waals surface area contributed by atoms with E-state index in [9.17, 15) is 4.79 Å². The van der Waals surface area contributed by atoms with Crippen LogP contribution in [0.15, 0.2) is 60.8 Å². The average Bonchev–Trinajstić information content (AvgIpc) is 3.17. The van der Waals surface area contributed by atoms with Gasteiger partial charge in [0.2, 0.25) is 0 Å². The molecule has 0 aliphatic carbocycles. The number of fused-ring (bicyclic) bond motifs is 1. The molecule has 2 saturated heterocycles. The normalized spacial score (nSPS) is 19.1.